The largest absolute Gasteiger partial charge is 0.305 e. The Morgan fingerprint density at radius 3 is 2.63 bits per heavy atom. The lowest BCUT2D eigenvalue weighted by atomic mass is 10.0. The number of H-pyrrole nitrogens is 1. The number of halogens is 1. The molecule has 0 aliphatic rings. The van der Waals surface area contributed by atoms with Crippen molar-refractivity contribution in [1.29, 1.82) is 0 Å². The molecule has 0 unspecified atom stereocenters. The van der Waals surface area contributed by atoms with Gasteiger partial charge in [-0.1, -0.05) is 54.1 Å². The Hall–Kier alpha value is -3.29. The Balaban J connectivity index is 1.81. The van der Waals surface area contributed by atoms with Gasteiger partial charge in [-0.05, 0) is 31.1 Å². The fraction of sp³-hybridized carbons (Fsp3) is 0.0909. The second-order valence-electron chi connectivity index (χ2n) is 6.79. The monoisotopic (exact) mass is 437 g/mol. The molecule has 0 atom stereocenters. The van der Waals surface area contributed by atoms with E-state index >= 15 is 0 Å². The number of nitrogens with one attached hydrogen (secondary N) is 1. The van der Waals surface area contributed by atoms with E-state index in [0.29, 0.717) is 21.3 Å². The summed E-state index contributed by atoms with van der Waals surface area (Å²) in [4.78, 5) is 32.5. The van der Waals surface area contributed by atoms with Gasteiger partial charge in [0.15, 0.2) is 5.82 Å². The number of hydrogen-bond donors (Lipinski definition) is 1. The van der Waals surface area contributed by atoms with Crippen molar-refractivity contribution in [3.05, 3.63) is 90.8 Å². The number of aromatic amines is 1. The Kier molecular flexibility index (Phi) is 5.24. The van der Waals surface area contributed by atoms with Crippen LogP contribution in [0.2, 0.25) is 0 Å². The second-order valence-corrected chi connectivity index (χ2v) is 8.40. The minimum absolute atomic E-state index is 0.00602. The summed E-state index contributed by atoms with van der Waals surface area (Å²) < 4.78 is 0. The van der Waals surface area contributed by atoms with Gasteiger partial charge in [0, 0.05) is 22.1 Å². The van der Waals surface area contributed by atoms with E-state index in [9.17, 15) is 14.9 Å². The quantitative estimate of drug-likeness (QED) is 0.317. The van der Waals surface area contributed by atoms with Crippen molar-refractivity contribution in [2.45, 2.75) is 13.8 Å². The van der Waals surface area contributed by atoms with Crippen LogP contribution in [0.1, 0.15) is 21.8 Å². The Morgan fingerprint density at radius 1 is 1.20 bits per heavy atom. The number of nitro groups is 1. The van der Waals surface area contributed by atoms with Crippen LogP contribution in [0.15, 0.2) is 53.3 Å². The number of rotatable bonds is 4. The van der Waals surface area contributed by atoms with Gasteiger partial charge in [0.1, 0.15) is 4.83 Å². The van der Waals surface area contributed by atoms with Gasteiger partial charge in [-0.3, -0.25) is 14.9 Å². The number of aryl methyl sites for hydroxylation is 2. The molecule has 2 aromatic heterocycles. The molecule has 0 aliphatic carbocycles. The highest BCUT2D eigenvalue weighted by molar-refractivity contribution is 7.19. The molecule has 150 valence electrons. The summed E-state index contributed by atoms with van der Waals surface area (Å²) in [7, 11) is 0. The van der Waals surface area contributed by atoms with E-state index in [-0.39, 0.29) is 22.1 Å². The fourth-order valence-electron chi connectivity index (χ4n) is 3.31. The summed E-state index contributed by atoms with van der Waals surface area (Å²) in [6.07, 6.45) is 1.55. The maximum absolute atomic E-state index is 12.9. The van der Waals surface area contributed by atoms with Crippen molar-refractivity contribution < 1.29 is 4.92 Å². The predicted molar refractivity (Wildman–Crippen MR) is 122 cm³/mol. The Labute approximate surface area is 180 Å². The molecular formula is C22H16ClN3O3S. The van der Waals surface area contributed by atoms with E-state index in [1.165, 1.54) is 17.4 Å². The predicted octanol–water partition coefficient (Wildman–Crippen LogP) is 5.91. The molecule has 4 aromatic rings. The fourth-order valence-corrected chi connectivity index (χ4v) is 4.57. The van der Waals surface area contributed by atoms with Crippen molar-refractivity contribution in [2.24, 2.45) is 0 Å². The zero-order valence-electron chi connectivity index (χ0n) is 16.1. The van der Waals surface area contributed by atoms with Gasteiger partial charge in [-0.15, -0.1) is 11.3 Å². The topological polar surface area (TPSA) is 88.9 Å². The number of thiophene rings is 1. The van der Waals surface area contributed by atoms with Crippen molar-refractivity contribution in [3.63, 3.8) is 0 Å². The lowest BCUT2D eigenvalue weighted by molar-refractivity contribution is -0.385. The number of benzene rings is 2. The van der Waals surface area contributed by atoms with Crippen LogP contribution in [-0.4, -0.2) is 14.9 Å². The smallest absolute Gasteiger partial charge is 0.272 e. The lowest BCUT2D eigenvalue weighted by Gasteiger charge is -2.03. The SMILES string of the molecule is Cc1ccc(/C=C(/Cl)c2nc3sc(C)c(-c4ccccc4)c3c(=O)[nH]2)cc1[N+](=O)[O-]. The van der Waals surface area contributed by atoms with Crippen LogP contribution in [0.4, 0.5) is 5.69 Å². The summed E-state index contributed by atoms with van der Waals surface area (Å²) in [5, 5.41) is 11.9. The average molecular weight is 438 g/mol. The number of aromatic nitrogens is 2. The van der Waals surface area contributed by atoms with Gasteiger partial charge in [0.05, 0.1) is 15.3 Å². The van der Waals surface area contributed by atoms with Gasteiger partial charge in [-0.25, -0.2) is 4.98 Å². The van der Waals surface area contributed by atoms with Crippen molar-refractivity contribution >= 4 is 50.0 Å². The highest BCUT2D eigenvalue weighted by atomic mass is 35.5. The Bertz CT molecular complexity index is 1370. The third-order valence-electron chi connectivity index (χ3n) is 4.75. The number of fused-ring (bicyclic) bond motifs is 1. The minimum atomic E-state index is -0.438. The highest BCUT2D eigenvalue weighted by Crippen LogP contribution is 2.36. The molecule has 0 aliphatic heterocycles. The first kappa shape index (κ1) is 20.0. The molecule has 2 heterocycles. The van der Waals surface area contributed by atoms with Gasteiger partial charge >= 0.3 is 0 Å². The number of nitro benzene ring substituents is 1. The van der Waals surface area contributed by atoms with E-state index in [2.05, 4.69) is 9.97 Å². The molecule has 1 N–H and O–H groups in total. The normalized spacial score (nSPS) is 11.8. The molecule has 8 heteroatoms. The van der Waals surface area contributed by atoms with Gasteiger partial charge < -0.3 is 4.98 Å². The number of hydrogen-bond acceptors (Lipinski definition) is 5. The van der Waals surface area contributed by atoms with Gasteiger partial charge in [0.25, 0.3) is 11.2 Å². The molecule has 0 saturated carbocycles. The molecule has 0 radical (unpaired) electrons. The zero-order chi connectivity index (χ0) is 21.4. The third kappa shape index (κ3) is 3.65. The highest BCUT2D eigenvalue weighted by Gasteiger charge is 2.17. The summed E-state index contributed by atoms with van der Waals surface area (Å²) in [6.45, 7) is 3.63. The third-order valence-corrected chi connectivity index (χ3v) is 6.04. The van der Waals surface area contributed by atoms with Gasteiger partial charge in [-0.2, -0.15) is 0 Å². The van der Waals surface area contributed by atoms with Crippen LogP contribution >= 0.6 is 22.9 Å². The summed E-state index contributed by atoms with van der Waals surface area (Å²) in [5.74, 6) is 0.221. The zero-order valence-corrected chi connectivity index (χ0v) is 17.7. The maximum atomic E-state index is 12.9. The van der Waals surface area contributed by atoms with E-state index in [1.54, 1.807) is 25.1 Å². The molecule has 0 amide bonds. The van der Waals surface area contributed by atoms with Crippen molar-refractivity contribution in [3.8, 4) is 11.1 Å². The molecule has 0 fully saturated rings. The second kappa shape index (κ2) is 7.85. The summed E-state index contributed by atoms with van der Waals surface area (Å²) in [6, 6.07) is 14.5. The van der Waals surface area contributed by atoms with E-state index in [1.807, 2.05) is 37.3 Å². The first-order chi connectivity index (χ1) is 14.3. The Morgan fingerprint density at radius 2 is 1.93 bits per heavy atom. The molecule has 30 heavy (non-hydrogen) atoms. The van der Waals surface area contributed by atoms with E-state index in [4.69, 9.17) is 11.6 Å². The van der Waals surface area contributed by atoms with E-state index in [0.717, 1.165) is 16.0 Å². The maximum Gasteiger partial charge on any atom is 0.272 e. The first-order valence-electron chi connectivity index (χ1n) is 9.06. The van der Waals surface area contributed by atoms with Crippen LogP contribution in [-0.2, 0) is 0 Å². The van der Waals surface area contributed by atoms with Crippen molar-refractivity contribution in [1.82, 2.24) is 9.97 Å². The van der Waals surface area contributed by atoms with Gasteiger partial charge in [0.2, 0.25) is 0 Å². The number of nitrogens with zero attached hydrogens (tertiary/aromatic N) is 2. The molecule has 6 nitrogen and oxygen atoms in total. The molecular weight excluding hydrogens is 422 g/mol. The molecule has 2 aromatic carbocycles. The van der Waals surface area contributed by atoms with Crippen LogP contribution in [0.25, 0.3) is 32.5 Å². The average Bonchev–Trinajstić information content (AvgIpc) is 3.06. The molecule has 0 bridgehead atoms. The molecule has 4 rings (SSSR count). The van der Waals surface area contributed by atoms with Crippen LogP contribution in [0, 0.1) is 24.0 Å². The first-order valence-corrected chi connectivity index (χ1v) is 10.3. The molecule has 0 saturated heterocycles. The molecule has 0 spiro atoms. The summed E-state index contributed by atoms with van der Waals surface area (Å²) in [5.41, 5.74) is 2.65. The lowest BCUT2D eigenvalue weighted by Crippen LogP contribution is -2.10. The van der Waals surface area contributed by atoms with Crippen LogP contribution < -0.4 is 5.56 Å². The summed E-state index contributed by atoms with van der Waals surface area (Å²) >= 11 is 7.84. The van der Waals surface area contributed by atoms with E-state index < -0.39 is 4.92 Å². The standard InChI is InChI=1S/C22H16ClN3O3S/c1-12-8-9-14(11-17(12)26(28)29)10-16(23)20-24-21(27)19-18(13(2)30-22(19)25-20)15-6-4-3-5-7-15/h3-11H,1-2H3,(H,24,25,27)/b16-10+. The minimum Gasteiger partial charge on any atom is -0.305 e. The van der Waals surface area contributed by atoms with Crippen LogP contribution in [0.3, 0.4) is 0 Å². The van der Waals surface area contributed by atoms with Crippen molar-refractivity contribution in [2.75, 3.05) is 0 Å². The van der Waals surface area contributed by atoms with Crippen LogP contribution in [0.5, 0.6) is 0 Å².